The SMILES string of the molecule is C=C(OC)/C(Br)=c1/[nH]ccc(=O)/c1=C/C. The zero-order valence-electron chi connectivity index (χ0n) is 8.63. The number of halogens is 1. The van der Waals surface area contributed by atoms with Gasteiger partial charge in [-0.25, -0.2) is 0 Å². The molecule has 1 aromatic rings. The number of allylic oxidation sites excluding steroid dienone is 1. The average molecular weight is 270 g/mol. The lowest BCUT2D eigenvalue weighted by molar-refractivity contribution is 0.314. The van der Waals surface area contributed by atoms with Crippen LogP contribution in [-0.2, 0) is 4.74 Å². The van der Waals surface area contributed by atoms with Gasteiger partial charge in [0.1, 0.15) is 5.76 Å². The Labute approximate surface area is 95.9 Å². The number of hydrogen-bond donors (Lipinski definition) is 1. The summed E-state index contributed by atoms with van der Waals surface area (Å²) < 4.78 is 5.64. The molecule has 0 saturated carbocycles. The zero-order valence-corrected chi connectivity index (χ0v) is 10.2. The van der Waals surface area contributed by atoms with E-state index in [2.05, 4.69) is 27.5 Å². The summed E-state index contributed by atoms with van der Waals surface area (Å²) in [5, 5.41) is 1.28. The van der Waals surface area contributed by atoms with E-state index in [1.807, 2.05) is 6.92 Å². The first-order valence-corrected chi connectivity index (χ1v) is 5.18. The molecule has 0 spiro atoms. The topological polar surface area (TPSA) is 42.1 Å². The van der Waals surface area contributed by atoms with Crippen LogP contribution in [0.2, 0.25) is 0 Å². The second kappa shape index (κ2) is 4.98. The van der Waals surface area contributed by atoms with Gasteiger partial charge < -0.3 is 9.72 Å². The summed E-state index contributed by atoms with van der Waals surface area (Å²) in [5.74, 6) is 0.472. The van der Waals surface area contributed by atoms with Crippen LogP contribution in [0.4, 0.5) is 0 Å². The lowest BCUT2D eigenvalue weighted by Gasteiger charge is -2.02. The number of H-pyrrole nitrogens is 1. The molecule has 4 heteroatoms. The van der Waals surface area contributed by atoms with Gasteiger partial charge >= 0.3 is 0 Å². The van der Waals surface area contributed by atoms with E-state index in [9.17, 15) is 4.79 Å². The van der Waals surface area contributed by atoms with Crippen LogP contribution in [0.3, 0.4) is 0 Å². The largest absolute Gasteiger partial charge is 0.496 e. The van der Waals surface area contributed by atoms with Gasteiger partial charge in [0, 0.05) is 17.5 Å². The summed E-state index contributed by atoms with van der Waals surface area (Å²) in [7, 11) is 1.53. The third-order valence-electron chi connectivity index (χ3n) is 2.00. The van der Waals surface area contributed by atoms with Crippen LogP contribution in [-0.4, -0.2) is 12.1 Å². The van der Waals surface area contributed by atoms with Gasteiger partial charge in [0.25, 0.3) is 0 Å². The highest BCUT2D eigenvalue weighted by Crippen LogP contribution is 2.13. The Morgan fingerprint density at radius 1 is 1.67 bits per heavy atom. The summed E-state index contributed by atoms with van der Waals surface area (Å²) in [6, 6.07) is 1.48. The Morgan fingerprint density at radius 2 is 2.33 bits per heavy atom. The van der Waals surface area contributed by atoms with Gasteiger partial charge in [-0.2, -0.15) is 0 Å². The van der Waals surface area contributed by atoms with E-state index in [4.69, 9.17) is 4.74 Å². The molecule has 1 aromatic heterocycles. The summed E-state index contributed by atoms with van der Waals surface area (Å²) in [6.07, 6.45) is 3.34. The summed E-state index contributed by atoms with van der Waals surface area (Å²) in [5.41, 5.74) is -0.0351. The molecule has 0 unspecified atom stereocenters. The van der Waals surface area contributed by atoms with Crippen LogP contribution in [0.1, 0.15) is 6.92 Å². The van der Waals surface area contributed by atoms with Crippen molar-refractivity contribution >= 4 is 26.5 Å². The van der Waals surface area contributed by atoms with Gasteiger partial charge in [-0.1, -0.05) is 12.7 Å². The van der Waals surface area contributed by atoms with Crippen molar-refractivity contribution in [2.45, 2.75) is 6.92 Å². The second-order valence-corrected chi connectivity index (χ2v) is 3.65. The summed E-state index contributed by atoms with van der Waals surface area (Å²) in [4.78, 5) is 14.5. The van der Waals surface area contributed by atoms with E-state index in [1.54, 1.807) is 12.3 Å². The highest BCUT2D eigenvalue weighted by molar-refractivity contribution is 9.15. The number of hydrogen-bond acceptors (Lipinski definition) is 2. The third-order valence-corrected chi connectivity index (χ3v) is 2.84. The molecule has 0 fully saturated rings. The Bertz CT molecular complexity index is 542. The molecule has 15 heavy (non-hydrogen) atoms. The number of aromatic amines is 1. The number of methoxy groups -OCH3 is 1. The predicted molar refractivity (Wildman–Crippen MR) is 64.9 cm³/mol. The summed E-state index contributed by atoms with van der Waals surface area (Å²) >= 11 is 3.34. The van der Waals surface area contributed by atoms with Crippen molar-refractivity contribution in [3.63, 3.8) is 0 Å². The Balaban J connectivity index is 3.72. The standard InChI is InChI=1S/C11H12BrNO2/c1-4-8-9(14)5-6-13-11(8)10(12)7(2)15-3/h4-6,13H,2H2,1,3H3/b8-4-,11-10-. The molecule has 0 radical (unpaired) electrons. The van der Waals surface area contributed by atoms with Gasteiger partial charge in [0.2, 0.25) is 0 Å². The van der Waals surface area contributed by atoms with Crippen molar-refractivity contribution in [3.05, 3.63) is 45.4 Å². The highest BCUT2D eigenvalue weighted by Gasteiger charge is 2.01. The predicted octanol–water partition coefficient (Wildman–Crippen LogP) is 0.839. The molecule has 0 bridgehead atoms. The fraction of sp³-hybridized carbons (Fsp3) is 0.182. The maximum absolute atomic E-state index is 11.5. The molecule has 0 atom stereocenters. The Hall–Kier alpha value is -1.29. The van der Waals surface area contributed by atoms with Gasteiger partial charge in [-0.15, -0.1) is 0 Å². The normalized spacial score (nSPS) is 13.7. The smallest absolute Gasteiger partial charge is 0.189 e. The van der Waals surface area contributed by atoms with E-state index in [0.29, 0.717) is 20.8 Å². The molecule has 0 saturated heterocycles. The number of ether oxygens (including phenoxy) is 1. The molecule has 1 rings (SSSR count). The van der Waals surface area contributed by atoms with Crippen molar-refractivity contribution < 1.29 is 4.74 Å². The summed E-state index contributed by atoms with van der Waals surface area (Å²) in [6.45, 7) is 5.52. The van der Waals surface area contributed by atoms with E-state index in [1.165, 1.54) is 13.2 Å². The maximum Gasteiger partial charge on any atom is 0.189 e. The van der Waals surface area contributed by atoms with Crippen LogP contribution in [0.25, 0.3) is 10.6 Å². The van der Waals surface area contributed by atoms with Crippen LogP contribution < -0.4 is 16.0 Å². The van der Waals surface area contributed by atoms with Gasteiger partial charge in [-0.3, -0.25) is 4.79 Å². The quantitative estimate of drug-likeness (QED) is 0.809. The van der Waals surface area contributed by atoms with E-state index in [0.717, 1.165) is 0 Å². The fourth-order valence-electron chi connectivity index (χ4n) is 1.19. The first-order valence-electron chi connectivity index (χ1n) is 4.39. The molecule has 1 N–H and O–H groups in total. The van der Waals surface area contributed by atoms with Crippen LogP contribution in [0.5, 0.6) is 0 Å². The number of aromatic nitrogens is 1. The first-order chi connectivity index (χ1) is 7.11. The van der Waals surface area contributed by atoms with Crippen LogP contribution in [0.15, 0.2) is 29.4 Å². The third kappa shape index (κ3) is 2.39. The van der Waals surface area contributed by atoms with E-state index < -0.39 is 0 Å². The maximum atomic E-state index is 11.5. The molecule has 0 aliphatic carbocycles. The Morgan fingerprint density at radius 3 is 2.87 bits per heavy atom. The lowest BCUT2D eigenvalue weighted by Crippen LogP contribution is -2.41. The minimum absolute atomic E-state index is 0.0351. The zero-order chi connectivity index (χ0) is 11.4. The number of pyridine rings is 1. The van der Waals surface area contributed by atoms with Crippen molar-refractivity contribution in [3.8, 4) is 0 Å². The highest BCUT2D eigenvalue weighted by atomic mass is 79.9. The van der Waals surface area contributed by atoms with Crippen molar-refractivity contribution in [2.75, 3.05) is 7.11 Å². The van der Waals surface area contributed by atoms with Gasteiger partial charge in [-0.05, 0) is 22.9 Å². The Kier molecular flexibility index (Phi) is 3.91. The van der Waals surface area contributed by atoms with E-state index >= 15 is 0 Å². The number of nitrogens with one attached hydrogen (secondary N) is 1. The van der Waals surface area contributed by atoms with Crippen LogP contribution >= 0.6 is 15.9 Å². The van der Waals surface area contributed by atoms with Crippen molar-refractivity contribution in [2.24, 2.45) is 0 Å². The molecule has 0 aromatic carbocycles. The molecule has 0 amide bonds. The fourth-order valence-corrected chi connectivity index (χ4v) is 1.68. The average Bonchev–Trinajstić information content (AvgIpc) is 2.26. The van der Waals surface area contributed by atoms with Crippen molar-refractivity contribution in [1.82, 2.24) is 4.98 Å². The molecule has 80 valence electrons. The van der Waals surface area contributed by atoms with Crippen molar-refractivity contribution in [1.29, 1.82) is 0 Å². The van der Waals surface area contributed by atoms with Crippen LogP contribution in [0, 0.1) is 0 Å². The van der Waals surface area contributed by atoms with E-state index in [-0.39, 0.29) is 5.43 Å². The molecule has 0 aliphatic rings. The lowest BCUT2D eigenvalue weighted by atomic mass is 10.3. The molecular formula is C11H12BrNO2. The first kappa shape index (κ1) is 11.8. The monoisotopic (exact) mass is 269 g/mol. The van der Waals surface area contributed by atoms with Gasteiger partial charge in [0.05, 0.1) is 16.9 Å². The van der Waals surface area contributed by atoms with Gasteiger partial charge in [0.15, 0.2) is 5.43 Å². The molecule has 3 nitrogen and oxygen atoms in total. The molecule has 1 heterocycles. The number of rotatable bonds is 2. The molecular weight excluding hydrogens is 258 g/mol. The second-order valence-electron chi connectivity index (χ2n) is 2.86. The minimum atomic E-state index is -0.0351. The molecule has 0 aliphatic heterocycles. The minimum Gasteiger partial charge on any atom is -0.496 e.